The van der Waals surface area contributed by atoms with Crippen LogP contribution in [-0.4, -0.2) is 30.0 Å². The average Bonchev–Trinajstić information content (AvgIpc) is 3.02. The van der Waals surface area contributed by atoms with E-state index >= 15 is 0 Å². The van der Waals surface area contributed by atoms with Crippen molar-refractivity contribution in [3.8, 4) is 0 Å². The van der Waals surface area contributed by atoms with Gasteiger partial charge in [0.05, 0.1) is 6.26 Å². The summed E-state index contributed by atoms with van der Waals surface area (Å²) in [6, 6.07) is 0. The van der Waals surface area contributed by atoms with Gasteiger partial charge in [0, 0.05) is 19.3 Å². The van der Waals surface area contributed by atoms with Crippen molar-refractivity contribution in [2.45, 2.75) is 56.7 Å². The number of halogens is 6. The van der Waals surface area contributed by atoms with Gasteiger partial charge >= 0.3 is 23.9 Å². The van der Waals surface area contributed by atoms with Gasteiger partial charge in [-0.2, -0.15) is 26.3 Å². The average molecular weight is 372 g/mol. The Morgan fingerprint density at radius 3 is 2.32 bits per heavy atom. The lowest BCUT2D eigenvalue weighted by atomic mass is 9.73. The summed E-state index contributed by atoms with van der Waals surface area (Å²) in [5.41, 5.74) is -4.47. The summed E-state index contributed by atoms with van der Waals surface area (Å²) >= 11 is 0. The van der Waals surface area contributed by atoms with Gasteiger partial charge < -0.3 is 9.47 Å². The van der Waals surface area contributed by atoms with Crippen molar-refractivity contribution in [3.05, 3.63) is 12.3 Å². The number of ether oxygens (including phenoxy) is 2. The van der Waals surface area contributed by atoms with Gasteiger partial charge in [0.15, 0.2) is 0 Å². The maximum absolute atomic E-state index is 13.4. The Hall–Kier alpha value is -1.41. The number of hydrogen-bond acceptors (Lipinski definition) is 3. The fourth-order valence-electron chi connectivity index (χ4n) is 4.83. The van der Waals surface area contributed by atoms with E-state index in [9.17, 15) is 31.1 Å². The van der Waals surface area contributed by atoms with Gasteiger partial charge in [-0.15, -0.1) is 0 Å². The zero-order valence-electron chi connectivity index (χ0n) is 13.4. The quantitative estimate of drug-likeness (QED) is 0.545. The van der Waals surface area contributed by atoms with Crippen molar-refractivity contribution in [2.24, 2.45) is 23.7 Å². The summed E-state index contributed by atoms with van der Waals surface area (Å²) in [6.07, 6.45) is -8.33. The van der Waals surface area contributed by atoms with Crippen LogP contribution in [0.15, 0.2) is 12.3 Å². The van der Waals surface area contributed by atoms with Gasteiger partial charge in [-0.05, 0) is 43.1 Å². The Labute approximate surface area is 140 Å². The molecule has 0 saturated heterocycles. The zero-order valence-corrected chi connectivity index (χ0v) is 13.4. The molecule has 3 aliphatic rings. The van der Waals surface area contributed by atoms with Crippen molar-refractivity contribution >= 4 is 5.97 Å². The van der Waals surface area contributed by atoms with E-state index in [1.807, 2.05) is 6.08 Å². The summed E-state index contributed by atoms with van der Waals surface area (Å²) in [5, 5.41) is 0. The maximum atomic E-state index is 13.4. The molecule has 0 N–H and O–H groups in total. The van der Waals surface area contributed by atoms with Crippen LogP contribution in [0, 0.1) is 23.7 Å². The van der Waals surface area contributed by atoms with E-state index < -0.39 is 36.3 Å². The fourth-order valence-corrected chi connectivity index (χ4v) is 4.83. The molecule has 25 heavy (non-hydrogen) atoms. The molecule has 5 atom stereocenters. The number of allylic oxidation sites excluding steroid dienone is 1. The Balaban J connectivity index is 1.89. The molecule has 0 spiro atoms. The molecule has 0 amide bonds. The van der Waals surface area contributed by atoms with Crippen LogP contribution in [0.25, 0.3) is 0 Å². The number of carbonyl (C=O) groups is 1. The van der Waals surface area contributed by atoms with Crippen molar-refractivity contribution in [1.29, 1.82) is 0 Å². The Kier molecular flexibility index (Phi) is 4.27. The third-order valence-corrected chi connectivity index (χ3v) is 5.76. The van der Waals surface area contributed by atoms with Crippen molar-refractivity contribution in [1.82, 2.24) is 0 Å². The van der Waals surface area contributed by atoms with Crippen LogP contribution in [0.1, 0.15) is 32.6 Å². The normalized spacial score (nSPS) is 34.6. The first kappa shape index (κ1) is 18.4. The molecule has 0 aromatic rings. The highest BCUT2D eigenvalue weighted by atomic mass is 19.4. The molecular weight excluding hydrogens is 354 g/mol. The summed E-state index contributed by atoms with van der Waals surface area (Å²) in [6.45, 7) is 0.554. The standard InChI is InChI=1S/C16H18F6O3/c1-8(23)25-14(15(17,18)19,16(20,21)22)7-10-5-9-6-12(10)13-11(9)3-2-4-24-13/h2,4,9-13H,3,5-7H2,1H3. The predicted octanol–water partition coefficient (Wildman–Crippen LogP) is 4.38. The number of carbonyl (C=O) groups excluding carboxylic acids is 1. The number of fused-ring (bicyclic) bond motifs is 5. The molecule has 2 saturated carbocycles. The summed E-state index contributed by atoms with van der Waals surface area (Å²) in [4.78, 5) is 11.1. The largest absolute Gasteiger partial charge is 0.498 e. The minimum Gasteiger partial charge on any atom is -0.498 e. The zero-order chi connectivity index (χ0) is 18.6. The van der Waals surface area contributed by atoms with Crippen molar-refractivity contribution in [2.75, 3.05) is 0 Å². The highest BCUT2D eigenvalue weighted by Crippen LogP contribution is 2.60. The van der Waals surface area contributed by atoms with E-state index in [1.165, 1.54) is 6.26 Å². The molecule has 2 aliphatic carbocycles. The number of rotatable bonds is 3. The number of hydrogen-bond donors (Lipinski definition) is 0. The predicted molar refractivity (Wildman–Crippen MR) is 73.0 cm³/mol. The van der Waals surface area contributed by atoms with Gasteiger partial charge in [-0.1, -0.05) is 0 Å². The van der Waals surface area contributed by atoms with E-state index in [2.05, 4.69) is 4.74 Å². The maximum Gasteiger partial charge on any atom is 0.437 e. The molecule has 1 heterocycles. The second kappa shape index (κ2) is 5.81. The molecule has 0 aromatic carbocycles. The fraction of sp³-hybridized carbons (Fsp3) is 0.812. The lowest BCUT2D eigenvalue weighted by molar-refractivity contribution is -0.375. The second-order valence-corrected chi connectivity index (χ2v) is 7.15. The van der Waals surface area contributed by atoms with Crippen LogP contribution in [0.2, 0.25) is 0 Å². The highest BCUT2D eigenvalue weighted by molar-refractivity contribution is 5.66. The van der Waals surface area contributed by atoms with Crippen LogP contribution in [-0.2, 0) is 14.3 Å². The minimum atomic E-state index is -5.74. The van der Waals surface area contributed by atoms with Crippen LogP contribution in [0.3, 0.4) is 0 Å². The van der Waals surface area contributed by atoms with Gasteiger partial charge in [-0.25, -0.2) is 0 Å². The SMILES string of the molecule is CC(=O)OC(CC1CC2CC1C1OC=CCC21)(C(F)(F)F)C(F)(F)F. The van der Waals surface area contributed by atoms with E-state index in [-0.39, 0.29) is 30.3 Å². The van der Waals surface area contributed by atoms with Gasteiger partial charge in [0.2, 0.25) is 0 Å². The minimum absolute atomic E-state index is 0.0430. The highest BCUT2D eigenvalue weighted by Gasteiger charge is 2.75. The topological polar surface area (TPSA) is 35.5 Å². The first-order valence-electron chi connectivity index (χ1n) is 8.10. The Morgan fingerprint density at radius 2 is 1.76 bits per heavy atom. The van der Waals surface area contributed by atoms with Crippen LogP contribution < -0.4 is 0 Å². The first-order chi connectivity index (χ1) is 11.5. The monoisotopic (exact) mass is 372 g/mol. The molecule has 2 bridgehead atoms. The van der Waals surface area contributed by atoms with Crippen molar-refractivity contribution < 1.29 is 40.6 Å². The van der Waals surface area contributed by atoms with E-state index in [4.69, 9.17) is 4.74 Å². The number of alkyl halides is 6. The lowest BCUT2D eigenvalue weighted by Gasteiger charge is -2.42. The van der Waals surface area contributed by atoms with E-state index in [0.717, 1.165) is 6.42 Å². The lowest BCUT2D eigenvalue weighted by Crippen LogP contribution is -2.61. The van der Waals surface area contributed by atoms with Gasteiger partial charge in [-0.3, -0.25) is 4.79 Å². The molecule has 3 rings (SSSR count). The second-order valence-electron chi connectivity index (χ2n) is 7.15. The van der Waals surface area contributed by atoms with Crippen LogP contribution in [0.4, 0.5) is 26.3 Å². The third kappa shape index (κ3) is 2.89. The van der Waals surface area contributed by atoms with Gasteiger partial charge in [0.25, 0.3) is 0 Å². The molecule has 142 valence electrons. The van der Waals surface area contributed by atoms with E-state index in [0.29, 0.717) is 13.3 Å². The summed E-state index contributed by atoms with van der Waals surface area (Å²) in [7, 11) is 0. The number of esters is 1. The summed E-state index contributed by atoms with van der Waals surface area (Å²) < 4.78 is 89.9. The molecule has 0 radical (unpaired) electrons. The summed E-state index contributed by atoms with van der Waals surface area (Å²) in [5.74, 6) is -2.67. The van der Waals surface area contributed by atoms with Crippen LogP contribution >= 0.6 is 0 Å². The Morgan fingerprint density at radius 1 is 1.12 bits per heavy atom. The molecule has 9 heteroatoms. The Bertz CT molecular complexity index is 553. The van der Waals surface area contributed by atoms with E-state index in [1.54, 1.807) is 0 Å². The van der Waals surface area contributed by atoms with Gasteiger partial charge in [0.1, 0.15) is 6.10 Å². The molecule has 1 aliphatic heterocycles. The molecule has 0 aromatic heterocycles. The third-order valence-electron chi connectivity index (χ3n) is 5.76. The smallest absolute Gasteiger partial charge is 0.437 e. The molecule has 5 unspecified atom stereocenters. The molecular formula is C16H18F6O3. The molecule has 2 fully saturated rings. The van der Waals surface area contributed by atoms with Crippen molar-refractivity contribution in [3.63, 3.8) is 0 Å². The van der Waals surface area contributed by atoms with Crippen LogP contribution in [0.5, 0.6) is 0 Å². The first-order valence-corrected chi connectivity index (χ1v) is 8.10. The molecule has 3 nitrogen and oxygen atoms in total.